The van der Waals surface area contributed by atoms with Crippen molar-refractivity contribution in [3.8, 4) is 0 Å². The number of hydrogen-bond donors (Lipinski definition) is 3. The maximum Gasteiger partial charge on any atom is 0.0447 e. The Morgan fingerprint density at radius 2 is 2.12 bits per heavy atom. The summed E-state index contributed by atoms with van der Waals surface area (Å²) < 4.78 is 0. The predicted molar refractivity (Wildman–Crippen MR) is 66.3 cm³/mol. The number of benzene rings is 1. The standard InChI is InChI=1S/C12H15N3O/c13-11-2-3-12(15-5-1-7-16)10-8-14-6-4-9(10)11/h2-4,6,8,15-16H,1,5,7,13H2. The number of aromatic nitrogens is 1. The van der Waals surface area contributed by atoms with Gasteiger partial charge in [-0.05, 0) is 24.6 Å². The summed E-state index contributed by atoms with van der Waals surface area (Å²) in [5.41, 5.74) is 7.64. The van der Waals surface area contributed by atoms with E-state index in [1.165, 1.54) is 0 Å². The van der Waals surface area contributed by atoms with Crippen molar-refractivity contribution in [3.63, 3.8) is 0 Å². The van der Waals surface area contributed by atoms with Crippen LogP contribution in [-0.2, 0) is 0 Å². The van der Waals surface area contributed by atoms with Gasteiger partial charge in [-0.15, -0.1) is 0 Å². The summed E-state index contributed by atoms with van der Waals surface area (Å²) in [6, 6.07) is 5.72. The Bertz CT molecular complexity index is 485. The zero-order valence-electron chi connectivity index (χ0n) is 8.98. The minimum atomic E-state index is 0.193. The average molecular weight is 217 g/mol. The Morgan fingerprint density at radius 3 is 2.94 bits per heavy atom. The van der Waals surface area contributed by atoms with E-state index in [-0.39, 0.29) is 6.61 Å². The molecule has 0 spiro atoms. The van der Waals surface area contributed by atoms with Gasteiger partial charge in [0.15, 0.2) is 0 Å². The maximum absolute atomic E-state index is 8.73. The summed E-state index contributed by atoms with van der Waals surface area (Å²) >= 11 is 0. The van der Waals surface area contributed by atoms with Crippen LogP contribution < -0.4 is 11.1 Å². The summed E-state index contributed by atoms with van der Waals surface area (Å²) in [5.74, 6) is 0. The van der Waals surface area contributed by atoms with Crippen molar-refractivity contribution in [1.29, 1.82) is 0 Å². The highest BCUT2D eigenvalue weighted by atomic mass is 16.3. The number of nitrogens with two attached hydrogens (primary N) is 1. The SMILES string of the molecule is Nc1ccc(NCCCO)c2cnccc12. The van der Waals surface area contributed by atoms with Crippen LogP contribution in [0.5, 0.6) is 0 Å². The predicted octanol–water partition coefficient (Wildman–Crippen LogP) is 1.61. The molecule has 4 heteroatoms. The zero-order valence-corrected chi connectivity index (χ0v) is 8.98. The van der Waals surface area contributed by atoms with Crippen molar-refractivity contribution in [3.05, 3.63) is 30.6 Å². The first kappa shape index (κ1) is 10.7. The van der Waals surface area contributed by atoms with Crippen molar-refractivity contribution < 1.29 is 5.11 Å². The number of nitrogens with one attached hydrogen (secondary N) is 1. The Kier molecular flexibility index (Phi) is 3.22. The fraction of sp³-hybridized carbons (Fsp3) is 0.250. The van der Waals surface area contributed by atoms with Crippen LogP contribution in [-0.4, -0.2) is 23.2 Å². The monoisotopic (exact) mass is 217 g/mol. The molecule has 84 valence electrons. The molecular formula is C12H15N3O. The summed E-state index contributed by atoms with van der Waals surface area (Å²) in [6.07, 6.45) is 4.26. The van der Waals surface area contributed by atoms with Crippen LogP contribution in [0.25, 0.3) is 10.8 Å². The molecule has 16 heavy (non-hydrogen) atoms. The molecule has 0 amide bonds. The van der Waals surface area contributed by atoms with E-state index in [1.807, 2.05) is 18.2 Å². The highest BCUT2D eigenvalue weighted by molar-refractivity contribution is 6.00. The summed E-state index contributed by atoms with van der Waals surface area (Å²) in [5, 5.41) is 14.0. The highest BCUT2D eigenvalue weighted by Crippen LogP contribution is 2.27. The second kappa shape index (κ2) is 4.81. The zero-order chi connectivity index (χ0) is 11.4. The molecule has 0 bridgehead atoms. The Morgan fingerprint density at radius 1 is 1.25 bits per heavy atom. The van der Waals surface area contributed by atoms with E-state index in [1.54, 1.807) is 12.4 Å². The number of nitrogen functional groups attached to an aromatic ring is 1. The van der Waals surface area contributed by atoms with Gasteiger partial charge in [0.25, 0.3) is 0 Å². The number of aliphatic hydroxyl groups excluding tert-OH is 1. The Hall–Kier alpha value is -1.81. The lowest BCUT2D eigenvalue weighted by atomic mass is 10.1. The van der Waals surface area contributed by atoms with E-state index in [4.69, 9.17) is 10.8 Å². The summed E-state index contributed by atoms with van der Waals surface area (Å²) in [7, 11) is 0. The molecule has 0 aliphatic rings. The van der Waals surface area contributed by atoms with Gasteiger partial charge in [-0.1, -0.05) is 0 Å². The number of anilines is 2. The van der Waals surface area contributed by atoms with Gasteiger partial charge < -0.3 is 16.2 Å². The molecule has 4 N–H and O–H groups in total. The van der Waals surface area contributed by atoms with Crippen LogP contribution in [0.2, 0.25) is 0 Å². The first-order chi connectivity index (χ1) is 7.83. The molecule has 1 aromatic heterocycles. The normalized spacial score (nSPS) is 10.6. The molecule has 1 heterocycles. The molecule has 0 unspecified atom stereocenters. The molecule has 0 radical (unpaired) electrons. The van der Waals surface area contributed by atoms with Gasteiger partial charge >= 0.3 is 0 Å². The first-order valence-corrected chi connectivity index (χ1v) is 5.30. The van der Waals surface area contributed by atoms with Crippen LogP contribution in [0.1, 0.15) is 6.42 Å². The van der Waals surface area contributed by atoms with Gasteiger partial charge in [0.05, 0.1) is 0 Å². The lowest BCUT2D eigenvalue weighted by molar-refractivity contribution is 0.292. The topological polar surface area (TPSA) is 71.2 Å². The van der Waals surface area contributed by atoms with Crippen LogP contribution in [0.3, 0.4) is 0 Å². The van der Waals surface area contributed by atoms with E-state index in [0.717, 1.165) is 35.1 Å². The number of nitrogens with zero attached hydrogens (tertiary/aromatic N) is 1. The molecule has 0 saturated carbocycles. The quantitative estimate of drug-likeness (QED) is 0.537. The number of aliphatic hydroxyl groups is 1. The van der Waals surface area contributed by atoms with Crippen molar-refractivity contribution in [2.45, 2.75) is 6.42 Å². The van der Waals surface area contributed by atoms with Crippen molar-refractivity contribution >= 4 is 22.1 Å². The van der Waals surface area contributed by atoms with Crippen molar-refractivity contribution in [2.75, 3.05) is 24.2 Å². The van der Waals surface area contributed by atoms with E-state index in [2.05, 4.69) is 10.3 Å². The third-order valence-electron chi connectivity index (χ3n) is 2.50. The Labute approximate surface area is 94.1 Å². The summed E-state index contributed by atoms with van der Waals surface area (Å²) in [4.78, 5) is 4.10. The smallest absolute Gasteiger partial charge is 0.0447 e. The second-order valence-corrected chi connectivity index (χ2v) is 3.63. The molecule has 0 aliphatic heterocycles. The van der Waals surface area contributed by atoms with Gasteiger partial charge in [-0.2, -0.15) is 0 Å². The third-order valence-corrected chi connectivity index (χ3v) is 2.50. The average Bonchev–Trinajstić information content (AvgIpc) is 2.33. The van der Waals surface area contributed by atoms with Gasteiger partial charge in [-0.3, -0.25) is 4.98 Å². The molecule has 1 aromatic carbocycles. The molecule has 2 aromatic rings. The fourth-order valence-electron chi connectivity index (χ4n) is 1.67. The highest BCUT2D eigenvalue weighted by Gasteiger charge is 2.02. The van der Waals surface area contributed by atoms with Crippen LogP contribution in [0.4, 0.5) is 11.4 Å². The molecule has 2 rings (SSSR count). The third kappa shape index (κ3) is 2.06. The van der Waals surface area contributed by atoms with E-state index in [9.17, 15) is 0 Å². The minimum absolute atomic E-state index is 0.193. The largest absolute Gasteiger partial charge is 0.398 e. The number of hydrogen-bond acceptors (Lipinski definition) is 4. The number of pyridine rings is 1. The molecule has 0 atom stereocenters. The number of fused-ring (bicyclic) bond motifs is 1. The second-order valence-electron chi connectivity index (χ2n) is 3.63. The van der Waals surface area contributed by atoms with E-state index >= 15 is 0 Å². The van der Waals surface area contributed by atoms with E-state index in [0.29, 0.717) is 0 Å². The van der Waals surface area contributed by atoms with Crippen LogP contribution >= 0.6 is 0 Å². The van der Waals surface area contributed by atoms with Crippen molar-refractivity contribution in [2.24, 2.45) is 0 Å². The lowest BCUT2D eigenvalue weighted by Gasteiger charge is -2.10. The minimum Gasteiger partial charge on any atom is -0.398 e. The number of rotatable bonds is 4. The Balaban J connectivity index is 2.35. The lowest BCUT2D eigenvalue weighted by Crippen LogP contribution is -2.04. The van der Waals surface area contributed by atoms with Gasteiger partial charge in [0, 0.05) is 47.7 Å². The molecule has 0 aliphatic carbocycles. The first-order valence-electron chi connectivity index (χ1n) is 5.30. The van der Waals surface area contributed by atoms with Gasteiger partial charge in [-0.25, -0.2) is 0 Å². The molecule has 4 nitrogen and oxygen atoms in total. The summed E-state index contributed by atoms with van der Waals surface area (Å²) in [6.45, 7) is 0.933. The molecular weight excluding hydrogens is 202 g/mol. The van der Waals surface area contributed by atoms with Gasteiger partial charge in [0.2, 0.25) is 0 Å². The van der Waals surface area contributed by atoms with Gasteiger partial charge in [0.1, 0.15) is 0 Å². The molecule has 0 saturated heterocycles. The molecule has 0 fully saturated rings. The van der Waals surface area contributed by atoms with Crippen molar-refractivity contribution in [1.82, 2.24) is 4.98 Å². The fourth-order valence-corrected chi connectivity index (χ4v) is 1.67. The maximum atomic E-state index is 8.73. The van der Waals surface area contributed by atoms with E-state index < -0.39 is 0 Å². The van der Waals surface area contributed by atoms with Crippen LogP contribution in [0, 0.1) is 0 Å². The van der Waals surface area contributed by atoms with Crippen LogP contribution in [0.15, 0.2) is 30.6 Å².